The van der Waals surface area contributed by atoms with Crippen LogP contribution >= 0.6 is 35.6 Å². The van der Waals surface area contributed by atoms with E-state index in [2.05, 4.69) is 20.4 Å². The molecular weight excluding hydrogens is 475 g/mol. The van der Waals surface area contributed by atoms with Crippen molar-refractivity contribution >= 4 is 47.2 Å². The lowest BCUT2D eigenvalue weighted by molar-refractivity contribution is 0.102. The van der Waals surface area contributed by atoms with Crippen LogP contribution in [0.4, 0.5) is 5.69 Å². The first-order valence-corrected chi connectivity index (χ1v) is 10.0. The summed E-state index contributed by atoms with van der Waals surface area (Å²) in [4.78, 5) is 20.8. The van der Waals surface area contributed by atoms with E-state index in [9.17, 15) is 4.79 Å². The van der Waals surface area contributed by atoms with Gasteiger partial charge in [0.15, 0.2) is 5.82 Å². The van der Waals surface area contributed by atoms with Crippen molar-refractivity contribution in [3.05, 3.63) is 93.7 Å². The highest BCUT2D eigenvalue weighted by Crippen LogP contribution is 2.24. The lowest BCUT2D eigenvalue weighted by atomic mass is 10.1. The van der Waals surface area contributed by atoms with Crippen molar-refractivity contribution in [3.8, 4) is 11.6 Å². The third-order valence-electron chi connectivity index (χ3n) is 4.25. The van der Waals surface area contributed by atoms with Crippen LogP contribution in [0.2, 0.25) is 10.0 Å². The Hall–Kier alpha value is -3.13. The Morgan fingerprint density at radius 1 is 1.06 bits per heavy atom. The van der Waals surface area contributed by atoms with Crippen LogP contribution in [0.1, 0.15) is 27.6 Å². The molecule has 2 aromatic heterocycles. The van der Waals surface area contributed by atoms with E-state index in [1.165, 1.54) is 12.3 Å². The molecule has 32 heavy (non-hydrogen) atoms. The van der Waals surface area contributed by atoms with Crippen LogP contribution in [0, 0.1) is 6.92 Å². The highest BCUT2D eigenvalue weighted by molar-refractivity contribution is 6.42. The summed E-state index contributed by atoms with van der Waals surface area (Å²) in [5.74, 6) is 1.88. The zero-order chi connectivity index (χ0) is 21.8. The number of anilines is 1. The third-order valence-corrected chi connectivity index (χ3v) is 4.99. The van der Waals surface area contributed by atoms with E-state index in [0.717, 1.165) is 5.56 Å². The summed E-state index contributed by atoms with van der Waals surface area (Å²) in [6.45, 7) is 1.75. The minimum atomic E-state index is -0.318. The maximum absolute atomic E-state index is 12.3. The number of amides is 1. The number of nitrogens with one attached hydrogen (secondary N) is 1. The van der Waals surface area contributed by atoms with E-state index in [0.29, 0.717) is 51.1 Å². The second-order valence-corrected chi connectivity index (χ2v) is 7.43. The van der Waals surface area contributed by atoms with Crippen LogP contribution < -0.4 is 10.1 Å². The molecule has 1 amide bonds. The Labute approximate surface area is 200 Å². The van der Waals surface area contributed by atoms with Crippen LogP contribution in [-0.4, -0.2) is 21.0 Å². The lowest BCUT2D eigenvalue weighted by Crippen LogP contribution is -2.12. The molecule has 0 aliphatic carbocycles. The first kappa shape index (κ1) is 23.5. The number of carbonyl (C=O) groups is 1. The Kier molecular flexibility index (Phi) is 7.69. The topological polar surface area (TPSA) is 90.1 Å². The first-order chi connectivity index (χ1) is 15.0. The summed E-state index contributed by atoms with van der Waals surface area (Å²) in [6, 6.07) is 15.6. The van der Waals surface area contributed by atoms with Crippen molar-refractivity contribution in [2.45, 2.75) is 13.3 Å². The second kappa shape index (κ2) is 10.5. The van der Waals surface area contributed by atoms with Crippen molar-refractivity contribution in [1.29, 1.82) is 0 Å². The summed E-state index contributed by atoms with van der Waals surface area (Å²) in [5, 5.41) is 7.34. The van der Waals surface area contributed by atoms with E-state index >= 15 is 0 Å². The summed E-state index contributed by atoms with van der Waals surface area (Å²) in [5.41, 5.74) is 1.95. The van der Waals surface area contributed by atoms with E-state index in [1.54, 1.807) is 31.2 Å². The van der Waals surface area contributed by atoms with E-state index in [4.69, 9.17) is 32.5 Å². The Morgan fingerprint density at radius 2 is 1.84 bits per heavy atom. The van der Waals surface area contributed by atoms with Gasteiger partial charge in [-0.1, -0.05) is 40.5 Å². The van der Waals surface area contributed by atoms with Crippen LogP contribution in [0.15, 0.2) is 65.3 Å². The maximum atomic E-state index is 12.3. The second-order valence-electron chi connectivity index (χ2n) is 6.62. The van der Waals surface area contributed by atoms with Gasteiger partial charge in [0.05, 0.1) is 21.9 Å². The lowest BCUT2D eigenvalue weighted by Gasteiger charge is -2.08. The molecule has 7 nitrogen and oxygen atoms in total. The molecule has 0 atom stereocenters. The zero-order valence-electron chi connectivity index (χ0n) is 16.7. The smallest absolute Gasteiger partial charge is 0.255 e. The molecule has 0 saturated heterocycles. The van der Waals surface area contributed by atoms with Gasteiger partial charge in [-0.3, -0.25) is 4.79 Å². The summed E-state index contributed by atoms with van der Waals surface area (Å²) in [6.07, 6.45) is 2.08. The Balaban J connectivity index is 0.00000289. The predicted molar refractivity (Wildman–Crippen MR) is 124 cm³/mol. The number of benzene rings is 2. The number of carbonyl (C=O) groups excluding carboxylic acids is 1. The van der Waals surface area contributed by atoms with Crippen LogP contribution in [0.5, 0.6) is 11.6 Å². The molecule has 1 N–H and O–H groups in total. The minimum absolute atomic E-state index is 0. The molecule has 0 aliphatic heterocycles. The van der Waals surface area contributed by atoms with Gasteiger partial charge in [0.1, 0.15) is 5.75 Å². The van der Waals surface area contributed by atoms with E-state index < -0.39 is 0 Å². The zero-order valence-corrected chi connectivity index (χ0v) is 19.0. The van der Waals surface area contributed by atoms with Gasteiger partial charge in [-0.25, -0.2) is 4.98 Å². The Morgan fingerprint density at radius 3 is 2.47 bits per heavy atom. The third kappa shape index (κ3) is 5.97. The van der Waals surface area contributed by atoms with Gasteiger partial charge in [-0.05, 0) is 42.0 Å². The van der Waals surface area contributed by atoms with Gasteiger partial charge in [0, 0.05) is 25.0 Å². The molecule has 164 valence electrons. The SMILES string of the molecule is Cc1nc(Cc2ccc(Oc3ccc(NC(=O)c4ccc(Cl)c(Cl)c4)cn3)cc2)no1.Cl. The monoisotopic (exact) mass is 490 g/mol. The van der Waals surface area contributed by atoms with Crippen molar-refractivity contribution in [3.63, 3.8) is 0 Å². The summed E-state index contributed by atoms with van der Waals surface area (Å²) in [7, 11) is 0. The van der Waals surface area contributed by atoms with Crippen molar-refractivity contribution in [1.82, 2.24) is 15.1 Å². The van der Waals surface area contributed by atoms with E-state index in [1.807, 2.05) is 24.3 Å². The molecule has 0 aliphatic rings. The molecule has 0 spiro atoms. The standard InChI is InChI=1S/C22H16Cl2N4O3.ClH/c1-13-26-20(28-31-13)10-14-2-6-17(7-3-14)30-21-9-5-16(12-25-21)27-22(29)15-4-8-18(23)19(24)11-15;/h2-9,11-12H,10H2,1H3,(H,27,29);1H. The number of ether oxygens (including phenoxy) is 1. The molecule has 0 radical (unpaired) electrons. The molecule has 0 saturated carbocycles. The van der Waals surface area contributed by atoms with Crippen LogP contribution in [-0.2, 0) is 6.42 Å². The molecule has 2 aromatic carbocycles. The number of rotatable bonds is 6. The van der Waals surface area contributed by atoms with Crippen LogP contribution in [0.3, 0.4) is 0 Å². The van der Waals surface area contributed by atoms with Gasteiger partial charge < -0.3 is 14.6 Å². The highest BCUT2D eigenvalue weighted by atomic mass is 35.5. The van der Waals surface area contributed by atoms with E-state index in [-0.39, 0.29) is 18.3 Å². The van der Waals surface area contributed by atoms with Gasteiger partial charge >= 0.3 is 0 Å². The molecule has 4 rings (SSSR count). The van der Waals surface area contributed by atoms with Crippen LogP contribution in [0.25, 0.3) is 0 Å². The average Bonchev–Trinajstić information content (AvgIpc) is 3.17. The van der Waals surface area contributed by atoms with Crippen molar-refractivity contribution in [2.75, 3.05) is 5.32 Å². The fourth-order valence-electron chi connectivity index (χ4n) is 2.75. The maximum Gasteiger partial charge on any atom is 0.255 e. The molecule has 0 fully saturated rings. The minimum Gasteiger partial charge on any atom is -0.439 e. The highest BCUT2D eigenvalue weighted by Gasteiger charge is 2.09. The number of hydrogen-bond donors (Lipinski definition) is 1. The fraction of sp³-hybridized carbons (Fsp3) is 0.0909. The van der Waals surface area contributed by atoms with Gasteiger partial charge in [-0.15, -0.1) is 12.4 Å². The molecule has 2 heterocycles. The fourth-order valence-corrected chi connectivity index (χ4v) is 3.05. The largest absolute Gasteiger partial charge is 0.439 e. The van der Waals surface area contributed by atoms with Crippen molar-refractivity contribution in [2.24, 2.45) is 0 Å². The number of pyridine rings is 1. The average molecular weight is 492 g/mol. The van der Waals surface area contributed by atoms with Gasteiger partial charge in [0.2, 0.25) is 11.8 Å². The Bertz CT molecular complexity index is 1210. The molecular formula is C22H17Cl3N4O3. The number of nitrogens with zero attached hydrogens (tertiary/aromatic N) is 3. The predicted octanol–water partition coefficient (Wildman–Crippen LogP) is 6.14. The normalized spacial score (nSPS) is 10.3. The first-order valence-electron chi connectivity index (χ1n) is 9.25. The summed E-state index contributed by atoms with van der Waals surface area (Å²) >= 11 is 11.8. The number of aryl methyl sites for hydroxylation is 1. The number of halogens is 3. The quantitative estimate of drug-likeness (QED) is 0.348. The molecule has 4 aromatic rings. The van der Waals surface area contributed by atoms with Crippen molar-refractivity contribution < 1.29 is 14.1 Å². The summed E-state index contributed by atoms with van der Waals surface area (Å²) < 4.78 is 10.7. The number of hydrogen-bond acceptors (Lipinski definition) is 6. The van der Waals surface area contributed by atoms with Gasteiger partial charge in [0.25, 0.3) is 5.91 Å². The van der Waals surface area contributed by atoms with Gasteiger partial charge in [-0.2, -0.15) is 4.98 Å². The molecule has 0 bridgehead atoms. The molecule has 10 heteroatoms. The molecule has 0 unspecified atom stereocenters. The number of aromatic nitrogens is 3.